The first-order chi connectivity index (χ1) is 14.9. The van der Waals surface area contributed by atoms with E-state index in [4.69, 9.17) is 14.9 Å². The first kappa shape index (κ1) is 22.3. The lowest BCUT2D eigenvalue weighted by Gasteiger charge is -2.17. The van der Waals surface area contributed by atoms with Crippen LogP contribution in [0, 0.1) is 6.92 Å². The van der Waals surface area contributed by atoms with Crippen LogP contribution in [0.25, 0.3) is 10.9 Å². The van der Waals surface area contributed by atoms with Crippen molar-refractivity contribution in [2.75, 3.05) is 30.7 Å². The van der Waals surface area contributed by atoms with Crippen molar-refractivity contribution >= 4 is 34.2 Å². The van der Waals surface area contributed by atoms with Crippen molar-refractivity contribution in [3.8, 4) is 0 Å². The number of amides is 1. The SMILES string of the molecule is CCOC(=O)c1c(C)nc2ccc(NC(=O)c3occc3CN(CC)CC)cc2c1N. The number of aromatic nitrogens is 1. The highest BCUT2D eigenvalue weighted by Gasteiger charge is 2.20. The number of fused-ring (bicyclic) bond motifs is 1. The van der Waals surface area contributed by atoms with Crippen LogP contribution in [0.5, 0.6) is 0 Å². The molecule has 0 aliphatic heterocycles. The van der Waals surface area contributed by atoms with E-state index in [0.717, 1.165) is 18.7 Å². The monoisotopic (exact) mass is 424 g/mol. The van der Waals surface area contributed by atoms with E-state index in [1.54, 1.807) is 32.0 Å². The number of nitrogens with zero attached hydrogens (tertiary/aromatic N) is 2. The van der Waals surface area contributed by atoms with Gasteiger partial charge in [0.2, 0.25) is 0 Å². The number of nitrogen functional groups attached to an aromatic ring is 1. The number of anilines is 2. The van der Waals surface area contributed by atoms with E-state index in [-0.39, 0.29) is 29.5 Å². The molecule has 0 aliphatic carbocycles. The minimum Gasteiger partial charge on any atom is -0.462 e. The molecule has 0 bridgehead atoms. The lowest BCUT2D eigenvalue weighted by Crippen LogP contribution is -2.23. The highest BCUT2D eigenvalue weighted by atomic mass is 16.5. The van der Waals surface area contributed by atoms with E-state index in [1.165, 1.54) is 6.26 Å². The molecule has 3 rings (SSSR count). The largest absolute Gasteiger partial charge is 0.462 e. The number of benzene rings is 1. The Labute approximate surface area is 181 Å². The predicted molar refractivity (Wildman–Crippen MR) is 120 cm³/mol. The molecule has 0 atom stereocenters. The Morgan fingerprint density at radius 3 is 2.61 bits per heavy atom. The van der Waals surface area contributed by atoms with E-state index >= 15 is 0 Å². The van der Waals surface area contributed by atoms with Crippen LogP contribution in [0.2, 0.25) is 0 Å². The smallest absolute Gasteiger partial charge is 0.342 e. The number of hydrogen-bond donors (Lipinski definition) is 2. The van der Waals surface area contributed by atoms with Crippen molar-refractivity contribution < 1.29 is 18.7 Å². The quantitative estimate of drug-likeness (QED) is 0.526. The van der Waals surface area contributed by atoms with Crippen LogP contribution in [0.3, 0.4) is 0 Å². The lowest BCUT2D eigenvalue weighted by molar-refractivity contribution is 0.0526. The molecule has 0 radical (unpaired) electrons. The van der Waals surface area contributed by atoms with Crippen molar-refractivity contribution in [2.45, 2.75) is 34.2 Å². The fourth-order valence-corrected chi connectivity index (χ4v) is 3.49. The van der Waals surface area contributed by atoms with Crippen LogP contribution in [-0.4, -0.2) is 41.5 Å². The Bertz CT molecular complexity index is 1100. The third-order valence-electron chi connectivity index (χ3n) is 5.18. The molecule has 0 saturated carbocycles. The van der Waals surface area contributed by atoms with Crippen molar-refractivity contribution in [1.82, 2.24) is 9.88 Å². The summed E-state index contributed by atoms with van der Waals surface area (Å²) in [6.07, 6.45) is 1.52. The molecule has 0 saturated heterocycles. The van der Waals surface area contributed by atoms with Crippen molar-refractivity contribution in [1.29, 1.82) is 0 Å². The van der Waals surface area contributed by atoms with E-state index in [0.29, 0.717) is 28.8 Å². The first-order valence-electron chi connectivity index (χ1n) is 10.4. The second-order valence-corrected chi connectivity index (χ2v) is 7.13. The number of carbonyl (C=O) groups excluding carboxylic acids is 2. The molecular formula is C23H28N4O4. The Kier molecular flexibility index (Phi) is 6.91. The number of furan rings is 1. The van der Waals surface area contributed by atoms with Gasteiger partial charge in [-0.1, -0.05) is 13.8 Å². The third-order valence-corrected chi connectivity index (χ3v) is 5.18. The number of hydrogen-bond acceptors (Lipinski definition) is 7. The van der Waals surface area contributed by atoms with Gasteiger partial charge in [0.15, 0.2) is 5.76 Å². The molecule has 3 aromatic rings. The summed E-state index contributed by atoms with van der Waals surface area (Å²) in [5.74, 6) is -0.594. The topological polar surface area (TPSA) is 111 Å². The van der Waals surface area contributed by atoms with Crippen LogP contribution in [-0.2, 0) is 11.3 Å². The maximum Gasteiger partial charge on any atom is 0.342 e. The number of carbonyl (C=O) groups is 2. The zero-order chi connectivity index (χ0) is 22.5. The molecule has 0 fully saturated rings. The highest BCUT2D eigenvalue weighted by molar-refractivity contribution is 6.08. The predicted octanol–water partition coefficient (Wildman–Crippen LogP) is 3.99. The number of aryl methyl sites for hydroxylation is 1. The average molecular weight is 425 g/mol. The minimum absolute atomic E-state index is 0.241. The summed E-state index contributed by atoms with van der Waals surface area (Å²) in [7, 11) is 0. The Morgan fingerprint density at radius 1 is 1.19 bits per heavy atom. The number of rotatable bonds is 8. The van der Waals surface area contributed by atoms with Crippen LogP contribution < -0.4 is 11.1 Å². The summed E-state index contributed by atoms with van der Waals surface area (Å²) in [4.78, 5) is 31.8. The van der Waals surface area contributed by atoms with Gasteiger partial charge in [0, 0.05) is 23.2 Å². The van der Waals surface area contributed by atoms with Gasteiger partial charge in [0.1, 0.15) is 5.56 Å². The highest BCUT2D eigenvalue weighted by Crippen LogP contribution is 2.29. The van der Waals surface area contributed by atoms with Crippen molar-refractivity contribution in [2.24, 2.45) is 0 Å². The molecule has 0 unspecified atom stereocenters. The standard InChI is InChI=1S/C23H28N4O4/c1-5-27(6-2)13-15-10-11-31-21(15)22(28)26-16-8-9-18-17(12-16)20(24)19(14(4)25-18)23(29)30-7-3/h8-12H,5-7,13H2,1-4H3,(H2,24,25)(H,26,28). The Morgan fingerprint density at radius 2 is 1.94 bits per heavy atom. The molecular weight excluding hydrogens is 396 g/mol. The number of esters is 1. The van der Waals surface area contributed by atoms with E-state index in [9.17, 15) is 9.59 Å². The van der Waals surface area contributed by atoms with Crippen LogP contribution in [0.4, 0.5) is 11.4 Å². The fourth-order valence-electron chi connectivity index (χ4n) is 3.49. The van der Waals surface area contributed by atoms with Gasteiger partial charge in [0.25, 0.3) is 5.91 Å². The zero-order valence-electron chi connectivity index (χ0n) is 18.3. The summed E-state index contributed by atoms with van der Waals surface area (Å²) in [6.45, 7) is 10.2. The fraction of sp³-hybridized carbons (Fsp3) is 0.348. The van der Waals surface area contributed by atoms with Gasteiger partial charge < -0.3 is 20.2 Å². The third kappa shape index (κ3) is 4.69. The van der Waals surface area contributed by atoms with E-state index in [1.807, 2.05) is 6.07 Å². The zero-order valence-corrected chi connectivity index (χ0v) is 18.3. The van der Waals surface area contributed by atoms with Gasteiger partial charge in [-0.15, -0.1) is 0 Å². The molecule has 1 amide bonds. The molecule has 2 aromatic heterocycles. The maximum absolute atomic E-state index is 12.8. The molecule has 31 heavy (non-hydrogen) atoms. The molecule has 1 aromatic carbocycles. The van der Waals surface area contributed by atoms with Crippen molar-refractivity contribution in [3.63, 3.8) is 0 Å². The number of pyridine rings is 1. The second kappa shape index (κ2) is 9.61. The molecule has 8 nitrogen and oxygen atoms in total. The van der Waals surface area contributed by atoms with Gasteiger partial charge >= 0.3 is 5.97 Å². The summed E-state index contributed by atoms with van der Waals surface area (Å²) in [5.41, 5.74) is 9.26. The summed E-state index contributed by atoms with van der Waals surface area (Å²) < 4.78 is 10.6. The van der Waals surface area contributed by atoms with Gasteiger partial charge in [-0.25, -0.2) is 4.79 Å². The number of ether oxygens (including phenoxy) is 1. The lowest BCUT2D eigenvalue weighted by atomic mass is 10.1. The Balaban J connectivity index is 1.90. The molecule has 0 aliphatic rings. The molecule has 8 heteroatoms. The number of nitrogens with one attached hydrogen (secondary N) is 1. The van der Waals surface area contributed by atoms with E-state index in [2.05, 4.69) is 29.0 Å². The summed E-state index contributed by atoms with van der Waals surface area (Å²) in [6, 6.07) is 7.00. The van der Waals surface area contributed by atoms with Gasteiger partial charge in [0.05, 0.1) is 29.8 Å². The molecule has 3 N–H and O–H groups in total. The van der Waals surface area contributed by atoms with E-state index < -0.39 is 5.97 Å². The van der Waals surface area contributed by atoms with Gasteiger partial charge in [-0.05, 0) is 51.2 Å². The Hall–Kier alpha value is -3.39. The van der Waals surface area contributed by atoms with Gasteiger partial charge in [-0.3, -0.25) is 14.7 Å². The molecule has 0 spiro atoms. The summed E-state index contributed by atoms with van der Waals surface area (Å²) >= 11 is 0. The second-order valence-electron chi connectivity index (χ2n) is 7.13. The van der Waals surface area contributed by atoms with Gasteiger partial charge in [-0.2, -0.15) is 0 Å². The molecule has 2 heterocycles. The van der Waals surface area contributed by atoms with Crippen LogP contribution >= 0.6 is 0 Å². The average Bonchev–Trinajstić information content (AvgIpc) is 3.21. The van der Waals surface area contributed by atoms with Crippen LogP contribution in [0.15, 0.2) is 34.9 Å². The molecule has 164 valence electrons. The normalized spacial score (nSPS) is 11.1. The maximum atomic E-state index is 12.8. The van der Waals surface area contributed by atoms with Crippen molar-refractivity contribution in [3.05, 3.63) is 53.1 Å². The number of nitrogens with two attached hydrogens (primary N) is 1. The first-order valence-corrected chi connectivity index (χ1v) is 10.4. The summed E-state index contributed by atoms with van der Waals surface area (Å²) in [5, 5.41) is 3.42. The van der Waals surface area contributed by atoms with Crippen LogP contribution in [0.1, 0.15) is 52.9 Å². The minimum atomic E-state index is -0.516.